The molecule has 0 spiro atoms. The van der Waals surface area contributed by atoms with Gasteiger partial charge in [0, 0.05) is 11.5 Å². The highest BCUT2D eigenvalue weighted by atomic mass is 16.5. The molecule has 0 bridgehead atoms. The summed E-state index contributed by atoms with van der Waals surface area (Å²) in [5, 5.41) is 22.1. The Morgan fingerprint density at radius 3 is 1.81 bits per heavy atom. The van der Waals surface area contributed by atoms with Gasteiger partial charge in [0.15, 0.2) is 5.79 Å². The number of hydrogen-bond acceptors (Lipinski definition) is 2. The van der Waals surface area contributed by atoms with Crippen molar-refractivity contribution in [2.75, 3.05) is 0 Å². The maximum absolute atomic E-state index is 11.1. The van der Waals surface area contributed by atoms with E-state index in [-0.39, 0.29) is 5.92 Å². The lowest BCUT2D eigenvalue weighted by Crippen LogP contribution is -2.33. The van der Waals surface area contributed by atoms with E-state index in [1.165, 1.54) is 31.2 Å². The van der Waals surface area contributed by atoms with Crippen LogP contribution in [0.4, 0.5) is 0 Å². The Hall–Kier alpha value is -1.64. The maximum atomic E-state index is 11.1. The van der Waals surface area contributed by atoms with Gasteiger partial charge in [-0.2, -0.15) is 0 Å². The summed E-state index contributed by atoms with van der Waals surface area (Å²) in [5.74, 6) is -2.18. The minimum absolute atomic E-state index is 0.322. The highest BCUT2D eigenvalue weighted by molar-refractivity contribution is 5.32. The Kier molecular flexibility index (Phi) is 7.86. The molecule has 2 nitrogen and oxygen atoms in total. The summed E-state index contributed by atoms with van der Waals surface area (Å²) >= 11 is 0. The molecular weight excluding hydrogens is 320 g/mol. The van der Waals surface area contributed by atoms with E-state index in [2.05, 4.69) is 26.0 Å². The van der Waals surface area contributed by atoms with Crippen molar-refractivity contribution in [2.24, 2.45) is 0 Å². The van der Waals surface area contributed by atoms with Gasteiger partial charge in [-0.3, -0.25) is 0 Å². The Balaban J connectivity index is 2.16. The lowest BCUT2D eigenvalue weighted by atomic mass is 9.82. The molecule has 0 saturated carbocycles. The van der Waals surface area contributed by atoms with Crippen LogP contribution in [-0.2, 0) is 5.79 Å². The Bertz CT molecular complexity index is 641. The van der Waals surface area contributed by atoms with Crippen LogP contribution < -0.4 is 0 Å². The zero-order valence-corrected chi connectivity index (χ0v) is 16.5. The Morgan fingerprint density at radius 2 is 1.23 bits per heavy atom. The summed E-state index contributed by atoms with van der Waals surface area (Å²) in [6.45, 7) is 6.28. The first kappa shape index (κ1) is 20.7. The molecule has 142 valence electrons. The summed E-state index contributed by atoms with van der Waals surface area (Å²) in [5.41, 5.74) is 3.87. The molecular formula is C24H34O2. The molecule has 0 radical (unpaired) electrons. The fraction of sp³-hybridized carbons (Fsp3) is 0.500. The van der Waals surface area contributed by atoms with Gasteiger partial charge in [-0.05, 0) is 25.8 Å². The summed E-state index contributed by atoms with van der Waals surface area (Å²) in [6, 6.07) is 15.7. The van der Waals surface area contributed by atoms with E-state index in [1.807, 2.05) is 43.3 Å². The summed E-state index contributed by atoms with van der Waals surface area (Å²) in [7, 11) is 0. The van der Waals surface area contributed by atoms with Crippen molar-refractivity contribution in [2.45, 2.75) is 77.4 Å². The van der Waals surface area contributed by atoms with E-state index < -0.39 is 5.79 Å². The third-order valence-corrected chi connectivity index (χ3v) is 5.29. The van der Waals surface area contributed by atoms with Crippen molar-refractivity contribution in [3.05, 3.63) is 70.8 Å². The van der Waals surface area contributed by atoms with Crippen LogP contribution in [0.2, 0.25) is 0 Å². The molecule has 2 rings (SSSR count). The predicted octanol–water partition coefficient (Wildman–Crippen LogP) is 5.98. The molecule has 2 N–H and O–H groups in total. The lowest BCUT2D eigenvalue weighted by Gasteiger charge is -2.32. The number of aliphatic hydroxyl groups is 2. The van der Waals surface area contributed by atoms with Crippen LogP contribution >= 0.6 is 0 Å². The average molecular weight is 355 g/mol. The van der Waals surface area contributed by atoms with Gasteiger partial charge >= 0.3 is 0 Å². The van der Waals surface area contributed by atoms with E-state index >= 15 is 0 Å². The van der Waals surface area contributed by atoms with Gasteiger partial charge in [-0.1, -0.05) is 105 Å². The van der Waals surface area contributed by atoms with Crippen molar-refractivity contribution in [1.82, 2.24) is 0 Å². The Labute approximate surface area is 158 Å². The van der Waals surface area contributed by atoms with Crippen molar-refractivity contribution in [1.29, 1.82) is 0 Å². The molecule has 0 heterocycles. The van der Waals surface area contributed by atoms with Gasteiger partial charge < -0.3 is 10.2 Å². The predicted molar refractivity (Wildman–Crippen MR) is 109 cm³/mol. The summed E-state index contributed by atoms with van der Waals surface area (Å²) in [6.07, 6.45) is 7.96. The Morgan fingerprint density at radius 1 is 0.731 bits per heavy atom. The first-order valence-electron chi connectivity index (χ1n) is 10.0. The van der Waals surface area contributed by atoms with Crippen LogP contribution in [0.5, 0.6) is 0 Å². The van der Waals surface area contributed by atoms with Gasteiger partial charge in [0.1, 0.15) is 0 Å². The quantitative estimate of drug-likeness (QED) is 0.407. The second kappa shape index (κ2) is 9.89. The molecule has 1 atom stereocenters. The molecule has 0 aromatic heterocycles. The number of rotatable bonds is 10. The van der Waals surface area contributed by atoms with Crippen LogP contribution in [0.25, 0.3) is 0 Å². The minimum atomic E-state index is -1.85. The lowest BCUT2D eigenvalue weighted by molar-refractivity contribution is -0.190. The minimum Gasteiger partial charge on any atom is -0.361 e. The molecule has 0 fully saturated rings. The molecule has 0 aliphatic carbocycles. The van der Waals surface area contributed by atoms with Crippen molar-refractivity contribution in [3.8, 4) is 0 Å². The molecule has 26 heavy (non-hydrogen) atoms. The largest absolute Gasteiger partial charge is 0.361 e. The third kappa shape index (κ3) is 5.69. The van der Waals surface area contributed by atoms with Gasteiger partial charge in [-0.15, -0.1) is 0 Å². The van der Waals surface area contributed by atoms with Crippen molar-refractivity contribution >= 4 is 0 Å². The van der Waals surface area contributed by atoms with Crippen LogP contribution in [-0.4, -0.2) is 10.2 Å². The first-order chi connectivity index (χ1) is 12.4. The SMILES string of the molecule is CCCCCCCCC(c1ccc(C)cc1)C(O)(O)c1ccc(C)cc1. The number of hydrogen-bond donors (Lipinski definition) is 2. The van der Waals surface area contributed by atoms with Crippen LogP contribution in [0.3, 0.4) is 0 Å². The van der Waals surface area contributed by atoms with Gasteiger partial charge in [0.05, 0.1) is 0 Å². The van der Waals surface area contributed by atoms with Crippen LogP contribution in [0.15, 0.2) is 48.5 Å². The van der Waals surface area contributed by atoms with Crippen molar-refractivity contribution < 1.29 is 10.2 Å². The van der Waals surface area contributed by atoms with Gasteiger partial charge in [0.2, 0.25) is 0 Å². The monoisotopic (exact) mass is 354 g/mol. The molecule has 2 aromatic carbocycles. The number of aryl methyl sites for hydroxylation is 2. The van der Waals surface area contributed by atoms with Crippen molar-refractivity contribution in [3.63, 3.8) is 0 Å². The van der Waals surface area contributed by atoms with E-state index in [1.54, 1.807) is 0 Å². The summed E-state index contributed by atoms with van der Waals surface area (Å²) in [4.78, 5) is 0. The number of unbranched alkanes of at least 4 members (excludes halogenated alkanes) is 5. The highest BCUT2D eigenvalue weighted by Gasteiger charge is 2.37. The van der Waals surface area contributed by atoms with E-state index in [0.29, 0.717) is 5.56 Å². The maximum Gasteiger partial charge on any atom is 0.196 e. The molecule has 1 unspecified atom stereocenters. The third-order valence-electron chi connectivity index (χ3n) is 5.29. The second-order valence-electron chi connectivity index (χ2n) is 7.61. The van der Waals surface area contributed by atoms with E-state index in [9.17, 15) is 10.2 Å². The molecule has 2 heteroatoms. The highest BCUT2D eigenvalue weighted by Crippen LogP contribution is 2.39. The standard InChI is InChI=1S/C24H34O2/c1-4-5-6-7-8-9-10-23(21-15-11-19(2)12-16-21)24(25,26)22-17-13-20(3)14-18-22/h11-18,23,25-26H,4-10H2,1-3H3. The zero-order chi connectivity index (χ0) is 19.0. The molecule has 0 saturated heterocycles. The first-order valence-corrected chi connectivity index (χ1v) is 10.0. The van der Waals surface area contributed by atoms with E-state index in [4.69, 9.17) is 0 Å². The molecule has 0 aliphatic heterocycles. The normalized spacial score (nSPS) is 13.0. The van der Waals surface area contributed by atoms with Crippen LogP contribution in [0, 0.1) is 13.8 Å². The van der Waals surface area contributed by atoms with Crippen LogP contribution in [0.1, 0.15) is 80.0 Å². The molecule has 0 amide bonds. The molecule has 2 aromatic rings. The smallest absolute Gasteiger partial charge is 0.196 e. The fourth-order valence-electron chi connectivity index (χ4n) is 3.53. The van der Waals surface area contributed by atoms with Gasteiger partial charge in [-0.25, -0.2) is 0 Å². The van der Waals surface area contributed by atoms with Gasteiger partial charge in [0.25, 0.3) is 0 Å². The molecule has 0 aliphatic rings. The number of benzene rings is 2. The van der Waals surface area contributed by atoms with E-state index in [0.717, 1.165) is 30.4 Å². The second-order valence-corrected chi connectivity index (χ2v) is 7.61. The summed E-state index contributed by atoms with van der Waals surface area (Å²) < 4.78 is 0. The average Bonchev–Trinajstić information content (AvgIpc) is 2.62. The fourth-order valence-corrected chi connectivity index (χ4v) is 3.53. The zero-order valence-electron chi connectivity index (χ0n) is 16.5. The topological polar surface area (TPSA) is 40.5 Å².